The van der Waals surface area contributed by atoms with Gasteiger partial charge in [0, 0.05) is 33.8 Å². The quantitative estimate of drug-likeness (QED) is 0.365. The van der Waals surface area contributed by atoms with Gasteiger partial charge in [0.2, 0.25) is 0 Å². The lowest BCUT2D eigenvalue weighted by molar-refractivity contribution is 0.124. The van der Waals surface area contributed by atoms with Crippen molar-refractivity contribution >= 4 is 11.4 Å². The molecule has 0 fully saturated rings. The zero-order chi connectivity index (χ0) is 19.0. The first-order valence-corrected chi connectivity index (χ1v) is 9.02. The van der Waals surface area contributed by atoms with Gasteiger partial charge in [0.1, 0.15) is 16.1 Å². The molecule has 2 rings (SSSR count). The number of hydrogen-bond acceptors (Lipinski definition) is 4. The first kappa shape index (κ1) is 19.8. The van der Waals surface area contributed by atoms with Gasteiger partial charge >= 0.3 is 0 Å². The Morgan fingerprint density at radius 2 is 2.16 bits per heavy atom. The van der Waals surface area contributed by atoms with E-state index in [2.05, 4.69) is 14.7 Å². The average Bonchev–Trinajstić information content (AvgIpc) is 2.86. The molecule has 0 saturated carbocycles. The number of ether oxygens (including phenoxy) is 1. The first-order chi connectivity index (χ1) is 11.5. The van der Waals surface area contributed by atoms with Crippen LogP contribution in [0.15, 0.2) is 11.2 Å². The number of azide groups is 1. The van der Waals surface area contributed by atoms with Crippen LogP contribution in [0.5, 0.6) is 5.75 Å². The van der Waals surface area contributed by atoms with E-state index in [4.69, 9.17) is 10.3 Å². The van der Waals surface area contributed by atoms with E-state index >= 15 is 0 Å². The summed E-state index contributed by atoms with van der Waals surface area (Å²) in [6, 6.07) is 0.538. The van der Waals surface area contributed by atoms with Crippen molar-refractivity contribution in [2.45, 2.75) is 57.4 Å². The Hall–Kier alpha value is -1.54. The summed E-state index contributed by atoms with van der Waals surface area (Å²) in [5.74, 6) is -1.73. The predicted molar refractivity (Wildman–Crippen MR) is 92.6 cm³/mol. The summed E-state index contributed by atoms with van der Waals surface area (Å²) in [6.07, 6.45) is 0.0903. The van der Waals surface area contributed by atoms with Crippen LogP contribution in [-0.4, -0.2) is 21.4 Å². The molecule has 2 unspecified atom stereocenters. The van der Waals surface area contributed by atoms with Gasteiger partial charge in [-0.15, -0.1) is 4.72 Å². The van der Waals surface area contributed by atoms with Gasteiger partial charge in [-0.1, -0.05) is 5.11 Å². The van der Waals surface area contributed by atoms with Gasteiger partial charge in [0.05, 0.1) is 12.6 Å². The molecule has 1 aliphatic heterocycles. The van der Waals surface area contributed by atoms with Crippen LogP contribution in [0.25, 0.3) is 10.4 Å². The molecule has 1 aromatic carbocycles. The lowest BCUT2D eigenvalue weighted by Gasteiger charge is -2.27. The lowest BCUT2D eigenvalue weighted by Crippen LogP contribution is -2.40. The number of nitrogens with one attached hydrogen (secondary N) is 1. The molecule has 0 bridgehead atoms. The maximum absolute atomic E-state index is 14.2. The number of benzene rings is 1. The molecule has 0 spiro atoms. The van der Waals surface area contributed by atoms with E-state index in [1.807, 2.05) is 20.8 Å². The Morgan fingerprint density at radius 3 is 2.72 bits per heavy atom. The maximum atomic E-state index is 14.2. The summed E-state index contributed by atoms with van der Waals surface area (Å²) >= 11 is -1.39. The third-order valence-corrected chi connectivity index (χ3v) is 5.65. The summed E-state index contributed by atoms with van der Waals surface area (Å²) in [5, 5.41) is 3.49. The van der Waals surface area contributed by atoms with Crippen molar-refractivity contribution < 1.29 is 18.1 Å². The fourth-order valence-electron chi connectivity index (χ4n) is 2.61. The molecular weight excluding hydrogens is 350 g/mol. The van der Waals surface area contributed by atoms with E-state index < -0.39 is 39.4 Å². The topological polar surface area (TPSA) is 93.1 Å². The van der Waals surface area contributed by atoms with E-state index in [1.165, 1.54) is 0 Å². The Kier molecular flexibility index (Phi) is 5.53. The standard InChI is InChI=1S/C16H22F2N4O2S/c1-9(21-25(23)15(2,3)4)10-6-12(17)13(18)11-7-16(5,8-20-22-19)24-14(10)11/h6,9,21H,7-8H2,1-5H3/t9?,16?,25-/m1/s1. The van der Waals surface area contributed by atoms with Gasteiger partial charge in [-0.2, -0.15) is 0 Å². The molecule has 9 heteroatoms. The molecule has 1 aromatic rings. The molecule has 25 heavy (non-hydrogen) atoms. The zero-order valence-electron chi connectivity index (χ0n) is 14.9. The monoisotopic (exact) mass is 372 g/mol. The van der Waals surface area contributed by atoms with Gasteiger partial charge in [-0.25, -0.2) is 8.78 Å². The Bertz CT molecular complexity index is 719. The van der Waals surface area contributed by atoms with Crippen molar-refractivity contribution in [3.8, 4) is 5.75 Å². The summed E-state index contributed by atoms with van der Waals surface area (Å²) in [5.41, 5.74) is 8.05. The highest BCUT2D eigenvalue weighted by Crippen LogP contribution is 2.43. The van der Waals surface area contributed by atoms with Crippen LogP contribution in [0.1, 0.15) is 51.8 Å². The van der Waals surface area contributed by atoms with Gasteiger partial charge in [-0.05, 0) is 46.2 Å². The highest BCUT2D eigenvalue weighted by atomic mass is 32.2. The summed E-state index contributed by atoms with van der Waals surface area (Å²) in [6.45, 7) is 8.82. The van der Waals surface area contributed by atoms with Crippen LogP contribution in [-0.2, 0) is 17.8 Å². The van der Waals surface area contributed by atoms with Crippen LogP contribution < -0.4 is 9.46 Å². The minimum atomic E-state index is -1.39. The predicted octanol–water partition coefficient (Wildman–Crippen LogP) is 4.08. The third kappa shape index (κ3) is 4.17. The Morgan fingerprint density at radius 1 is 1.52 bits per heavy atom. The molecular formula is C16H22F2N4O2S. The van der Waals surface area contributed by atoms with Crippen LogP contribution in [0.4, 0.5) is 8.78 Å². The maximum Gasteiger partial charge on any atom is 0.165 e. The number of rotatable bonds is 5. The smallest absolute Gasteiger partial charge is 0.165 e. The molecule has 0 radical (unpaired) electrons. The van der Waals surface area contributed by atoms with E-state index in [9.17, 15) is 13.3 Å². The van der Waals surface area contributed by atoms with E-state index in [1.54, 1.807) is 13.8 Å². The van der Waals surface area contributed by atoms with E-state index in [0.717, 1.165) is 6.07 Å². The number of fused-ring (bicyclic) bond motifs is 1. The zero-order valence-corrected chi connectivity index (χ0v) is 15.7. The second-order valence-electron chi connectivity index (χ2n) is 7.41. The molecule has 1 aliphatic rings. The summed E-state index contributed by atoms with van der Waals surface area (Å²) < 4.78 is 48.8. The van der Waals surface area contributed by atoms with Crippen LogP contribution in [0, 0.1) is 11.6 Å². The third-order valence-electron chi connectivity index (χ3n) is 3.97. The van der Waals surface area contributed by atoms with Gasteiger partial charge in [-0.3, -0.25) is 0 Å². The summed E-state index contributed by atoms with van der Waals surface area (Å²) in [4.78, 5) is 2.70. The van der Waals surface area contributed by atoms with Crippen molar-refractivity contribution in [1.29, 1.82) is 0 Å². The van der Waals surface area contributed by atoms with E-state index in [-0.39, 0.29) is 24.3 Å². The molecule has 1 heterocycles. The van der Waals surface area contributed by atoms with Gasteiger partial charge in [0.25, 0.3) is 0 Å². The first-order valence-electron chi connectivity index (χ1n) is 7.87. The van der Waals surface area contributed by atoms with Crippen LogP contribution in [0.3, 0.4) is 0 Å². The van der Waals surface area contributed by atoms with Crippen molar-refractivity contribution in [2.24, 2.45) is 5.11 Å². The van der Waals surface area contributed by atoms with Crippen LogP contribution >= 0.6 is 0 Å². The normalized spacial score (nSPS) is 21.9. The molecule has 6 nitrogen and oxygen atoms in total. The second-order valence-corrected chi connectivity index (χ2v) is 9.41. The fraction of sp³-hybridized carbons (Fsp3) is 0.625. The average molecular weight is 372 g/mol. The van der Waals surface area contributed by atoms with Crippen molar-refractivity contribution in [3.63, 3.8) is 0 Å². The van der Waals surface area contributed by atoms with Crippen molar-refractivity contribution in [3.05, 3.63) is 39.3 Å². The number of hydrogen-bond donors (Lipinski definition) is 1. The minimum Gasteiger partial charge on any atom is -0.598 e. The number of nitrogens with zero attached hydrogens (tertiary/aromatic N) is 3. The largest absolute Gasteiger partial charge is 0.598 e. The van der Waals surface area contributed by atoms with Crippen molar-refractivity contribution in [1.82, 2.24) is 4.72 Å². The fourth-order valence-corrected chi connectivity index (χ4v) is 3.41. The lowest BCUT2D eigenvalue weighted by atomic mass is 9.96. The summed E-state index contributed by atoms with van der Waals surface area (Å²) in [7, 11) is 0. The second kappa shape index (κ2) is 6.99. The minimum absolute atomic E-state index is 0.00555. The highest BCUT2D eigenvalue weighted by Gasteiger charge is 2.40. The van der Waals surface area contributed by atoms with Crippen molar-refractivity contribution in [2.75, 3.05) is 6.54 Å². The van der Waals surface area contributed by atoms with E-state index in [0.29, 0.717) is 5.56 Å². The molecule has 138 valence electrons. The molecule has 0 saturated heterocycles. The molecule has 1 N–H and O–H groups in total. The Labute approximate surface area is 148 Å². The molecule has 0 amide bonds. The number of halogens is 2. The Balaban J connectivity index is 2.38. The molecule has 0 aliphatic carbocycles. The SMILES string of the molecule is CC(N[S@+]([O-])C(C)(C)C)c1cc(F)c(F)c2c1OC(C)(CN=[N+]=[N-])C2. The molecule has 0 aromatic heterocycles. The van der Waals surface area contributed by atoms with Gasteiger partial charge < -0.3 is 9.29 Å². The highest BCUT2D eigenvalue weighted by molar-refractivity contribution is 7.90. The molecule has 3 atom stereocenters. The van der Waals surface area contributed by atoms with Crippen LogP contribution in [0.2, 0.25) is 0 Å². The van der Waals surface area contributed by atoms with Gasteiger partial charge in [0.15, 0.2) is 11.6 Å².